The Hall–Kier alpha value is -1.86. The van der Waals surface area contributed by atoms with Gasteiger partial charge in [0.1, 0.15) is 16.0 Å². The quantitative estimate of drug-likeness (QED) is 0.488. The first-order chi connectivity index (χ1) is 11.0. The van der Waals surface area contributed by atoms with Gasteiger partial charge in [-0.3, -0.25) is 4.79 Å². The molecule has 0 unspecified atom stereocenters. The first-order valence-electron chi connectivity index (χ1n) is 6.74. The number of hydrogen-bond donors (Lipinski definition) is 3. The second kappa shape index (κ2) is 8.12. The van der Waals surface area contributed by atoms with Crippen molar-refractivity contribution in [2.45, 2.75) is 12.8 Å². The van der Waals surface area contributed by atoms with Crippen LogP contribution >= 0.6 is 31.9 Å². The molecule has 0 spiro atoms. The highest BCUT2D eigenvalue weighted by molar-refractivity contribution is 9.11. The van der Waals surface area contributed by atoms with Gasteiger partial charge in [-0.15, -0.1) is 0 Å². The normalized spacial score (nSPS) is 10.9. The fourth-order valence-electron chi connectivity index (χ4n) is 1.85. The van der Waals surface area contributed by atoms with Crippen molar-refractivity contribution < 1.29 is 15.0 Å². The molecule has 0 heterocycles. The number of aromatic hydroxyl groups is 2. The summed E-state index contributed by atoms with van der Waals surface area (Å²) in [7, 11) is 0. The van der Waals surface area contributed by atoms with Crippen LogP contribution < -0.4 is 5.43 Å². The summed E-state index contributed by atoms with van der Waals surface area (Å²) in [5.74, 6) is -0.485. The molecule has 0 fully saturated rings. The van der Waals surface area contributed by atoms with Crippen LogP contribution in [0.4, 0.5) is 0 Å². The number of phenols is 2. The van der Waals surface area contributed by atoms with Gasteiger partial charge in [0.05, 0.1) is 10.7 Å². The Morgan fingerprint density at radius 3 is 2.57 bits per heavy atom. The second-order valence-electron chi connectivity index (χ2n) is 4.74. The average Bonchev–Trinajstić information content (AvgIpc) is 2.56. The lowest BCUT2D eigenvalue weighted by Crippen LogP contribution is -2.17. The zero-order chi connectivity index (χ0) is 16.8. The van der Waals surface area contributed by atoms with Crippen molar-refractivity contribution in [3.05, 3.63) is 56.5 Å². The maximum atomic E-state index is 11.7. The van der Waals surface area contributed by atoms with Crippen LogP contribution in [0, 0.1) is 0 Å². The Labute approximate surface area is 150 Å². The molecule has 2 aromatic carbocycles. The maximum Gasteiger partial charge on any atom is 0.240 e. The lowest BCUT2D eigenvalue weighted by Gasteiger charge is -2.06. The topological polar surface area (TPSA) is 81.9 Å². The molecule has 3 N–H and O–H groups in total. The van der Waals surface area contributed by atoms with E-state index in [0.717, 1.165) is 5.56 Å². The van der Waals surface area contributed by atoms with E-state index in [0.29, 0.717) is 22.9 Å². The van der Waals surface area contributed by atoms with E-state index in [-0.39, 0.29) is 21.9 Å². The summed E-state index contributed by atoms with van der Waals surface area (Å²) in [4.78, 5) is 11.7. The van der Waals surface area contributed by atoms with Gasteiger partial charge in [0, 0.05) is 12.0 Å². The Balaban J connectivity index is 1.93. The highest BCUT2D eigenvalue weighted by atomic mass is 79.9. The van der Waals surface area contributed by atoms with Gasteiger partial charge in [-0.1, -0.05) is 30.3 Å². The van der Waals surface area contributed by atoms with Crippen molar-refractivity contribution in [3.63, 3.8) is 0 Å². The number of rotatable bonds is 5. The van der Waals surface area contributed by atoms with Crippen LogP contribution in [0.2, 0.25) is 0 Å². The van der Waals surface area contributed by atoms with Gasteiger partial charge in [0.2, 0.25) is 5.91 Å². The number of amides is 1. The number of carbonyl (C=O) groups is 1. The Bertz CT molecular complexity index is 734. The zero-order valence-electron chi connectivity index (χ0n) is 12.0. The molecular formula is C16H14Br2N2O3. The molecule has 0 bridgehead atoms. The molecule has 2 rings (SSSR count). The summed E-state index contributed by atoms with van der Waals surface area (Å²) < 4.78 is 0.558. The third-order valence-electron chi connectivity index (χ3n) is 3.07. The number of nitrogens with one attached hydrogen (secondary N) is 1. The molecule has 0 saturated heterocycles. The van der Waals surface area contributed by atoms with E-state index in [1.54, 1.807) is 0 Å². The van der Waals surface area contributed by atoms with Crippen LogP contribution in [0.25, 0.3) is 0 Å². The molecule has 0 saturated carbocycles. The fourth-order valence-corrected chi connectivity index (χ4v) is 3.00. The molecule has 2 aromatic rings. The van der Waals surface area contributed by atoms with Crippen molar-refractivity contribution >= 4 is 44.0 Å². The molecular weight excluding hydrogens is 428 g/mol. The minimum atomic E-state index is -0.221. The second-order valence-corrected chi connectivity index (χ2v) is 6.38. The molecule has 0 aliphatic rings. The van der Waals surface area contributed by atoms with Crippen LogP contribution in [0.3, 0.4) is 0 Å². The Morgan fingerprint density at radius 1 is 1.17 bits per heavy atom. The van der Waals surface area contributed by atoms with Crippen LogP contribution in [-0.2, 0) is 11.2 Å². The molecule has 0 atom stereocenters. The largest absolute Gasteiger partial charge is 0.506 e. The first-order valence-corrected chi connectivity index (χ1v) is 8.33. The molecule has 0 aromatic heterocycles. The van der Waals surface area contributed by atoms with Gasteiger partial charge in [0.15, 0.2) is 0 Å². The predicted octanol–water partition coefficient (Wildman–Crippen LogP) is 3.71. The van der Waals surface area contributed by atoms with Crippen molar-refractivity contribution in [2.24, 2.45) is 5.10 Å². The molecule has 0 aliphatic carbocycles. The lowest BCUT2D eigenvalue weighted by atomic mass is 10.1. The number of phenolic OH excluding ortho intramolecular Hbond substituents is 2. The van der Waals surface area contributed by atoms with Crippen molar-refractivity contribution in [3.8, 4) is 11.5 Å². The molecule has 120 valence electrons. The van der Waals surface area contributed by atoms with Crippen molar-refractivity contribution in [2.75, 3.05) is 0 Å². The van der Waals surface area contributed by atoms with Crippen LogP contribution in [-0.4, -0.2) is 22.3 Å². The van der Waals surface area contributed by atoms with E-state index in [9.17, 15) is 15.0 Å². The molecule has 0 aliphatic heterocycles. The molecule has 1 amide bonds. The van der Waals surface area contributed by atoms with Crippen LogP contribution in [0.15, 0.2) is 50.4 Å². The number of hydrogen-bond acceptors (Lipinski definition) is 4. The average molecular weight is 442 g/mol. The number of hydrazone groups is 1. The first kappa shape index (κ1) is 17.5. The number of nitrogens with zero attached hydrogens (tertiary/aromatic N) is 1. The van der Waals surface area contributed by atoms with Gasteiger partial charge < -0.3 is 10.2 Å². The highest BCUT2D eigenvalue weighted by Gasteiger charge is 2.12. The summed E-state index contributed by atoms with van der Waals surface area (Å²) in [5, 5.41) is 23.3. The maximum absolute atomic E-state index is 11.7. The van der Waals surface area contributed by atoms with Gasteiger partial charge >= 0.3 is 0 Å². The molecule has 0 radical (unpaired) electrons. The summed E-state index contributed by atoms with van der Waals surface area (Å²) in [6.45, 7) is 0. The SMILES string of the molecule is O=C(CCc1ccccc1)N/N=C\c1cc(Br)c(O)c(Br)c1O. The molecule has 23 heavy (non-hydrogen) atoms. The Morgan fingerprint density at radius 2 is 1.87 bits per heavy atom. The summed E-state index contributed by atoms with van der Waals surface area (Å²) in [5.41, 5.74) is 3.84. The van der Waals surface area contributed by atoms with E-state index in [4.69, 9.17) is 0 Å². The van der Waals surface area contributed by atoms with Crippen molar-refractivity contribution in [1.82, 2.24) is 5.43 Å². The smallest absolute Gasteiger partial charge is 0.240 e. The molecule has 7 heteroatoms. The van der Waals surface area contributed by atoms with Gasteiger partial charge in [-0.25, -0.2) is 5.43 Å². The van der Waals surface area contributed by atoms with Crippen LogP contribution in [0.5, 0.6) is 11.5 Å². The van der Waals surface area contributed by atoms with E-state index in [1.165, 1.54) is 12.3 Å². The van der Waals surface area contributed by atoms with E-state index in [2.05, 4.69) is 42.4 Å². The third-order valence-corrected chi connectivity index (χ3v) is 4.43. The van der Waals surface area contributed by atoms with E-state index < -0.39 is 0 Å². The summed E-state index contributed by atoms with van der Waals surface area (Å²) in [6.07, 6.45) is 2.25. The highest BCUT2D eigenvalue weighted by Crippen LogP contribution is 2.40. The zero-order valence-corrected chi connectivity index (χ0v) is 15.1. The third kappa shape index (κ3) is 4.80. The minimum Gasteiger partial charge on any atom is -0.506 e. The Kier molecular flexibility index (Phi) is 6.18. The molecule has 5 nitrogen and oxygen atoms in total. The predicted molar refractivity (Wildman–Crippen MR) is 95.7 cm³/mol. The van der Waals surface area contributed by atoms with E-state index in [1.807, 2.05) is 30.3 Å². The number of halogens is 2. The number of carbonyl (C=O) groups excluding carboxylic acids is 1. The van der Waals surface area contributed by atoms with Gasteiger partial charge in [-0.05, 0) is 49.9 Å². The van der Waals surface area contributed by atoms with Crippen molar-refractivity contribution in [1.29, 1.82) is 0 Å². The minimum absolute atomic E-state index is 0.105. The fraction of sp³-hybridized carbons (Fsp3) is 0.125. The van der Waals surface area contributed by atoms with E-state index >= 15 is 0 Å². The van der Waals surface area contributed by atoms with Crippen LogP contribution in [0.1, 0.15) is 17.5 Å². The summed E-state index contributed by atoms with van der Waals surface area (Å²) >= 11 is 6.24. The van der Waals surface area contributed by atoms with Gasteiger partial charge in [-0.2, -0.15) is 5.10 Å². The van der Waals surface area contributed by atoms with Gasteiger partial charge in [0.25, 0.3) is 0 Å². The summed E-state index contributed by atoms with van der Waals surface area (Å²) in [6, 6.07) is 11.2. The lowest BCUT2D eigenvalue weighted by molar-refractivity contribution is -0.121. The monoisotopic (exact) mass is 440 g/mol. The standard InChI is InChI=1S/C16H14Br2N2O3/c17-12-8-11(15(22)14(18)16(12)23)9-19-20-13(21)7-6-10-4-2-1-3-5-10/h1-5,8-9,22-23H,6-7H2,(H,20,21)/b19-9-. The number of aryl methyl sites for hydroxylation is 1. The number of benzene rings is 2.